The van der Waals surface area contributed by atoms with Crippen molar-refractivity contribution in [1.29, 1.82) is 0 Å². The molecule has 0 radical (unpaired) electrons. The van der Waals surface area contributed by atoms with Crippen molar-refractivity contribution >= 4 is 46.5 Å². The number of nitrogens with one attached hydrogen (secondary N) is 1. The molecule has 0 saturated heterocycles. The van der Waals surface area contributed by atoms with Gasteiger partial charge >= 0.3 is 5.97 Å². The second-order valence-corrected chi connectivity index (χ2v) is 3.42. The van der Waals surface area contributed by atoms with Gasteiger partial charge in [0.25, 0.3) is 0 Å². The highest BCUT2D eigenvalue weighted by Gasteiger charge is 2.19. The maximum atomic E-state index is 10.7. The molecule has 0 aliphatic heterocycles. The average molecular weight is 255 g/mol. The lowest BCUT2D eigenvalue weighted by atomic mass is 10.3. The highest BCUT2D eigenvalue weighted by molar-refractivity contribution is 6.46. The first-order valence-electron chi connectivity index (χ1n) is 3.44. The molecule has 0 bridgehead atoms. The monoisotopic (exact) mass is 254 g/mol. The molecular formula is C7H5Cl3N2O2. The fraction of sp³-hybridized carbons (Fsp3) is 0.143. The van der Waals surface area contributed by atoms with E-state index in [9.17, 15) is 4.79 Å². The molecule has 2 N–H and O–H groups in total. The van der Waals surface area contributed by atoms with Crippen molar-refractivity contribution in [1.82, 2.24) is 4.98 Å². The van der Waals surface area contributed by atoms with Gasteiger partial charge in [0.1, 0.15) is 5.02 Å². The quantitative estimate of drug-likeness (QED) is 0.798. The van der Waals surface area contributed by atoms with Crippen molar-refractivity contribution in [2.24, 2.45) is 0 Å². The highest BCUT2D eigenvalue weighted by atomic mass is 35.5. The van der Waals surface area contributed by atoms with Crippen LogP contribution in [0.2, 0.25) is 15.2 Å². The summed E-state index contributed by atoms with van der Waals surface area (Å²) in [7, 11) is 1.55. The molecule has 0 saturated carbocycles. The molecule has 1 aromatic rings. The van der Waals surface area contributed by atoms with E-state index < -0.39 is 5.97 Å². The molecule has 0 amide bonds. The van der Waals surface area contributed by atoms with E-state index in [2.05, 4.69) is 10.3 Å². The van der Waals surface area contributed by atoms with Crippen LogP contribution < -0.4 is 5.32 Å². The van der Waals surface area contributed by atoms with E-state index in [1.165, 1.54) is 0 Å². The standard InChI is InChI=1S/C7H5Cl3N2O2/c1-11-4-2(8)5(7(13)14)12-6(10)3(4)9/h1H3,(H,11,12)(H,13,14). The Labute approximate surface area is 94.8 Å². The zero-order valence-corrected chi connectivity index (χ0v) is 9.20. The zero-order valence-electron chi connectivity index (χ0n) is 6.94. The Hall–Kier alpha value is -0.710. The summed E-state index contributed by atoms with van der Waals surface area (Å²) >= 11 is 17.1. The second kappa shape index (κ2) is 4.21. The molecule has 76 valence electrons. The number of pyridine rings is 1. The van der Waals surface area contributed by atoms with Gasteiger partial charge in [-0.2, -0.15) is 0 Å². The molecule has 14 heavy (non-hydrogen) atoms. The van der Waals surface area contributed by atoms with Gasteiger partial charge in [0.2, 0.25) is 0 Å². The number of carboxylic acids is 1. The van der Waals surface area contributed by atoms with Crippen LogP contribution in [-0.4, -0.2) is 23.1 Å². The predicted octanol–water partition coefficient (Wildman–Crippen LogP) is 2.78. The minimum atomic E-state index is -1.26. The molecule has 7 heteroatoms. The lowest BCUT2D eigenvalue weighted by molar-refractivity contribution is 0.0691. The van der Waals surface area contributed by atoms with E-state index >= 15 is 0 Å². The number of hydrogen-bond acceptors (Lipinski definition) is 3. The van der Waals surface area contributed by atoms with Gasteiger partial charge in [-0.15, -0.1) is 0 Å². The first kappa shape index (κ1) is 11.4. The molecule has 0 spiro atoms. The number of aromatic carboxylic acids is 1. The molecule has 0 aliphatic rings. The van der Waals surface area contributed by atoms with Crippen molar-refractivity contribution in [3.63, 3.8) is 0 Å². The summed E-state index contributed by atoms with van der Waals surface area (Å²) in [6.45, 7) is 0. The molecule has 1 aromatic heterocycles. The molecule has 0 unspecified atom stereocenters. The Kier molecular flexibility index (Phi) is 3.42. The van der Waals surface area contributed by atoms with Crippen LogP contribution in [0, 0.1) is 0 Å². The smallest absolute Gasteiger partial charge is 0.356 e. The highest BCUT2D eigenvalue weighted by Crippen LogP contribution is 2.36. The third-order valence-electron chi connectivity index (χ3n) is 1.49. The number of nitrogens with zero attached hydrogens (tertiary/aromatic N) is 1. The summed E-state index contributed by atoms with van der Waals surface area (Å²) in [4.78, 5) is 14.2. The summed E-state index contributed by atoms with van der Waals surface area (Å²) in [5, 5.41) is 11.3. The van der Waals surface area contributed by atoms with Crippen LogP contribution in [0.4, 0.5) is 5.69 Å². The number of carbonyl (C=O) groups is 1. The number of hydrogen-bond donors (Lipinski definition) is 2. The molecule has 1 heterocycles. The minimum absolute atomic E-state index is 0.0607. The number of rotatable bonds is 2. The third-order valence-corrected chi connectivity index (χ3v) is 2.60. The molecule has 0 fully saturated rings. The SMILES string of the molecule is CNc1c(Cl)c(Cl)nc(C(=O)O)c1Cl. The topological polar surface area (TPSA) is 62.2 Å². The maximum Gasteiger partial charge on any atom is 0.356 e. The van der Waals surface area contributed by atoms with Gasteiger partial charge in [-0.3, -0.25) is 0 Å². The van der Waals surface area contributed by atoms with E-state index in [0.717, 1.165) is 0 Å². The first-order chi connectivity index (χ1) is 6.49. The van der Waals surface area contributed by atoms with Crippen LogP contribution >= 0.6 is 34.8 Å². The first-order valence-corrected chi connectivity index (χ1v) is 4.58. The summed E-state index contributed by atoms with van der Waals surface area (Å²) in [5.41, 5.74) is -0.0730. The Morgan fingerprint density at radius 3 is 2.36 bits per heavy atom. The van der Waals surface area contributed by atoms with E-state index in [4.69, 9.17) is 39.9 Å². The molecule has 0 atom stereocenters. The molecular weight excluding hydrogens is 250 g/mol. The Bertz CT molecular complexity index is 395. The Morgan fingerprint density at radius 2 is 1.93 bits per heavy atom. The summed E-state index contributed by atoms with van der Waals surface area (Å²) in [5.74, 6) is -1.26. The van der Waals surface area contributed by atoms with Gasteiger partial charge in [0.15, 0.2) is 10.8 Å². The van der Waals surface area contributed by atoms with Gasteiger partial charge in [-0.25, -0.2) is 9.78 Å². The largest absolute Gasteiger partial charge is 0.476 e. The molecule has 0 aliphatic carbocycles. The second-order valence-electron chi connectivity index (χ2n) is 2.31. The van der Waals surface area contributed by atoms with Crippen LogP contribution in [0.25, 0.3) is 0 Å². The minimum Gasteiger partial charge on any atom is -0.476 e. The van der Waals surface area contributed by atoms with Gasteiger partial charge in [-0.1, -0.05) is 34.8 Å². The lowest BCUT2D eigenvalue weighted by Crippen LogP contribution is -2.05. The van der Waals surface area contributed by atoms with E-state index in [-0.39, 0.29) is 26.6 Å². The van der Waals surface area contributed by atoms with Crippen LogP contribution in [0.1, 0.15) is 10.5 Å². The van der Waals surface area contributed by atoms with Crippen molar-refractivity contribution < 1.29 is 9.90 Å². The Morgan fingerprint density at radius 1 is 1.36 bits per heavy atom. The third kappa shape index (κ3) is 1.87. The van der Waals surface area contributed by atoms with Crippen molar-refractivity contribution in [2.45, 2.75) is 0 Å². The number of halogens is 3. The predicted molar refractivity (Wildman–Crippen MR) is 55.8 cm³/mol. The number of aromatic nitrogens is 1. The molecule has 4 nitrogen and oxygen atoms in total. The maximum absolute atomic E-state index is 10.7. The number of carboxylic acid groups (broad SMARTS) is 1. The number of anilines is 1. The summed E-state index contributed by atoms with van der Waals surface area (Å²) in [6, 6.07) is 0. The van der Waals surface area contributed by atoms with E-state index in [0.29, 0.717) is 0 Å². The average Bonchev–Trinajstić information content (AvgIpc) is 2.12. The van der Waals surface area contributed by atoms with Crippen molar-refractivity contribution in [3.05, 3.63) is 20.9 Å². The summed E-state index contributed by atoms with van der Waals surface area (Å²) in [6.07, 6.45) is 0. The fourth-order valence-electron chi connectivity index (χ4n) is 0.875. The van der Waals surface area contributed by atoms with E-state index in [1.54, 1.807) is 7.05 Å². The van der Waals surface area contributed by atoms with E-state index in [1.807, 2.05) is 0 Å². The molecule has 1 rings (SSSR count). The van der Waals surface area contributed by atoms with Gasteiger partial charge < -0.3 is 10.4 Å². The Balaban J connectivity index is 3.50. The van der Waals surface area contributed by atoms with Crippen LogP contribution in [0.3, 0.4) is 0 Å². The lowest BCUT2D eigenvalue weighted by Gasteiger charge is -2.08. The zero-order chi connectivity index (χ0) is 10.9. The van der Waals surface area contributed by atoms with Crippen LogP contribution in [0.5, 0.6) is 0 Å². The molecule has 0 aromatic carbocycles. The fourth-order valence-corrected chi connectivity index (χ4v) is 1.65. The van der Waals surface area contributed by atoms with Crippen molar-refractivity contribution in [2.75, 3.05) is 12.4 Å². The van der Waals surface area contributed by atoms with Gasteiger partial charge in [0.05, 0.1) is 10.7 Å². The van der Waals surface area contributed by atoms with Crippen molar-refractivity contribution in [3.8, 4) is 0 Å². The van der Waals surface area contributed by atoms with Gasteiger partial charge in [0, 0.05) is 7.05 Å². The normalized spacial score (nSPS) is 10.0. The van der Waals surface area contributed by atoms with Crippen LogP contribution in [-0.2, 0) is 0 Å². The summed E-state index contributed by atoms with van der Waals surface area (Å²) < 4.78 is 0. The van der Waals surface area contributed by atoms with Gasteiger partial charge in [-0.05, 0) is 0 Å². The van der Waals surface area contributed by atoms with Crippen LogP contribution in [0.15, 0.2) is 0 Å².